The Bertz CT molecular complexity index is 1200. The van der Waals surface area contributed by atoms with Crippen molar-refractivity contribution in [2.75, 3.05) is 11.9 Å². The molecule has 4 nitrogen and oxygen atoms in total. The third-order valence-electron chi connectivity index (χ3n) is 7.12. The van der Waals surface area contributed by atoms with E-state index in [9.17, 15) is 18.4 Å². The molecule has 1 unspecified atom stereocenters. The van der Waals surface area contributed by atoms with E-state index in [-0.39, 0.29) is 22.4 Å². The highest BCUT2D eigenvalue weighted by atomic mass is 19.1. The Labute approximate surface area is 212 Å². The lowest BCUT2D eigenvalue weighted by atomic mass is 9.80. The minimum Gasteiger partial charge on any atom is -0.331 e. The first kappa shape index (κ1) is 25.8. The van der Waals surface area contributed by atoms with Crippen molar-refractivity contribution in [1.29, 1.82) is 0 Å². The summed E-state index contributed by atoms with van der Waals surface area (Å²) in [5.74, 6) is -2.73. The second-order valence-electron chi connectivity index (χ2n) is 10.8. The van der Waals surface area contributed by atoms with Crippen molar-refractivity contribution in [3.63, 3.8) is 0 Å². The van der Waals surface area contributed by atoms with Gasteiger partial charge in [0.2, 0.25) is 5.91 Å². The van der Waals surface area contributed by atoms with Gasteiger partial charge in [-0.25, -0.2) is 8.78 Å². The third-order valence-corrected chi connectivity index (χ3v) is 7.12. The van der Waals surface area contributed by atoms with Crippen molar-refractivity contribution < 1.29 is 18.4 Å². The molecular weight excluding hydrogens is 458 g/mol. The summed E-state index contributed by atoms with van der Waals surface area (Å²) in [4.78, 5) is 28.9. The van der Waals surface area contributed by atoms with Crippen LogP contribution in [-0.2, 0) is 10.2 Å². The van der Waals surface area contributed by atoms with E-state index in [1.165, 1.54) is 13.0 Å². The SMILES string of the molecule is Cc1cc(F)cc(F)c1C(=O)N1CCCC(C(=O)Nc2cccc(C(C)(C)C)c2)[C@@H]1C1=CC=CCC1. The summed E-state index contributed by atoms with van der Waals surface area (Å²) in [6.07, 6.45) is 8.74. The number of likely N-dealkylation sites (tertiary alicyclic amines) is 1. The fourth-order valence-electron chi connectivity index (χ4n) is 5.24. The number of hydrogen-bond acceptors (Lipinski definition) is 2. The summed E-state index contributed by atoms with van der Waals surface area (Å²) in [6.45, 7) is 8.30. The van der Waals surface area contributed by atoms with Crippen molar-refractivity contribution in [3.8, 4) is 0 Å². The summed E-state index contributed by atoms with van der Waals surface area (Å²) in [7, 11) is 0. The Morgan fingerprint density at radius 2 is 1.89 bits per heavy atom. The lowest BCUT2D eigenvalue weighted by Gasteiger charge is -2.42. The highest BCUT2D eigenvalue weighted by Gasteiger charge is 2.41. The Morgan fingerprint density at radius 1 is 1.11 bits per heavy atom. The van der Waals surface area contributed by atoms with E-state index >= 15 is 0 Å². The lowest BCUT2D eigenvalue weighted by molar-refractivity contribution is -0.122. The fraction of sp³-hybridized carbons (Fsp3) is 0.400. The van der Waals surface area contributed by atoms with Gasteiger partial charge in [-0.2, -0.15) is 0 Å². The maximum absolute atomic E-state index is 14.8. The van der Waals surface area contributed by atoms with E-state index in [2.05, 4.69) is 32.2 Å². The average molecular weight is 493 g/mol. The molecule has 1 fully saturated rings. The molecule has 0 saturated carbocycles. The topological polar surface area (TPSA) is 49.4 Å². The van der Waals surface area contributed by atoms with Crippen LogP contribution in [0.4, 0.5) is 14.5 Å². The van der Waals surface area contributed by atoms with Crippen LogP contribution in [0.2, 0.25) is 0 Å². The molecule has 0 radical (unpaired) electrons. The number of nitrogens with one attached hydrogen (secondary N) is 1. The van der Waals surface area contributed by atoms with E-state index in [0.29, 0.717) is 25.1 Å². The fourth-order valence-corrected chi connectivity index (χ4v) is 5.24. The van der Waals surface area contributed by atoms with Crippen LogP contribution in [0.3, 0.4) is 0 Å². The Balaban J connectivity index is 1.68. The van der Waals surface area contributed by atoms with Crippen LogP contribution >= 0.6 is 0 Å². The molecule has 0 bridgehead atoms. The third kappa shape index (κ3) is 5.43. The number of amides is 2. The molecule has 1 aliphatic heterocycles. The number of rotatable bonds is 4. The monoisotopic (exact) mass is 492 g/mol. The molecule has 1 N–H and O–H groups in total. The van der Waals surface area contributed by atoms with E-state index in [1.807, 2.05) is 36.4 Å². The predicted octanol–water partition coefficient (Wildman–Crippen LogP) is 6.71. The zero-order valence-electron chi connectivity index (χ0n) is 21.4. The van der Waals surface area contributed by atoms with Crippen LogP contribution < -0.4 is 5.32 Å². The molecular formula is C30H34F2N2O2. The largest absolute Gasteiger partial charge is 0.331 e. The zero-order valence-corrected chi connectivity index (χ0v) is 21.4. The number of nitrogens with zero attached hydrogens (tertiary/aromatic N) is 1. The van der Waals surface area contributed by atoms with E-state index < -0.39 is 29.5 Å². The van der Waals surface area contributed by atoms with Crippen LogP contribution in [0.1, 0.15) is 67.9 Å². The van der Waals surface area contributed by atoms with Gasteiger partial charge >= 0.3 is 0 Å². The molecule has 2 atom stereocenters. The zero-order chi connectivity index (χ0) is 26.0. The standard InChI is InChI=1S/C30H34F2N2O2/c1-19-16-22(31)18-25(32)26(19)29(36)34-15-9-14-24(27(34)20-10-6-5-7-11-20)28(35)33-23-13-8-12-21(17-23)30(2,3)4/h5-6,8,10,12-13,16-18,24,27H,7,9,11,14-15H2,1-4H3,(H,33,35)/t24?,27-/m0/s1. The molecule has 1 aliphatic carbocycles. The molecule has 6 heteroatoms. The van der Waals surface area contributed by atoms with Crippen molar-refractivity contribution in [2.24, 2.45) is 5.92 Å². The van der Waals surface area contributed by atoms with Gasteiger partial charge < -0.3 is 10.2 Å². The summed E-state index contributed by atoms with van der Waals surface area (Å²) in [6, 6.07) is 9.24. The maximum atomic E-state index is 14.8. The molecule has 36 heavy (non-hydrogen) atoms. The van der Waals surface area contributed by atoms with Crippen LogP contribution in [0.5, 0.6) is 0 Å². The smallest absolute Gasteiger partial charge is 0.257 e. The van der Waals surface area contributed by atoms with E-state index in [1.54, 1.807) is 4.90 Å². The number of carbonyl (C=O) groups is 2. The highest BCUT2D eigenvalue weighted by molar-refractivity contribution is 5.98. The van der Waals surface area contributed by atoms with Crippen molar-refractivity contribution in [2.45, 2.75) is 64.8 Å². The van der Waals surface area contributed by atoms with Crippen LogP contribution in [0, 0.1) is 24.5 Å². The number of aryl methyl sites for hydroxylation is 1. The predicted molar refractivity (Wildman–Crippen MR) is 139 cm³/mol. The minimum absolute atomic E-state index is 0.0618. The number of halogens is 2. The van der Waals surface area contributed by atoms with E-state index in [0.717, 1.165) is 30.0 Å². The number of hydrogen-bond donors (Lipinski definition) is 1. The molecule has 2 aliphatic rings. The van der Waals surface area contributed by atoms with Crippen molar-refractivity contribution in [1.82, 2.24) is 4.90 Å². The molecule has 0 aromatic heterocycles. The Hall–Kier alpha value is -3.28. The maximum Gasteiger partial charge on any atom is 0.257 e. The number of allylic oxidation sites excluding steroid dienone is 3. The second-order valence-corrected chi connectivity index (χ2v) is 10.8. The van der Waals surface area contributed by atoms with Gasteiger partial charge in [0.25, 0.3) is 5.91 Å². The summed E-state index contributed by atoms with van der Waals surface area (Å²) < 4.78 is 28.5. The van der Waals surface area contributed by atoms with Gasteiger partial charge in [0, 0.05) is 18.3 Å². The number of benzene rings is 2. The van der Waals surface area contributed by atoms with Crippen LogP contribution in [0.15, 0.2) is 60.2 Å². The number of piperidine rings is 1. The van der Waals surface area contributed by atoms with Gasteiger partial charge in [0.05, 0.1) is 17.5 Å². The van der Waals surface area contributed by atoms with Gasteiger partial charge in [0.15, 0.2) is 0 Å². The second kappa shape index (κ2) is 10.4. The highest BCUT2D eigenvalue weighted by Crippen LogP contribution is 2.35. The molecule has 1 heterocycles. The summed E-state index contributed by atoms with van der Waals surface area (Å²) in [5, 5.41) is 3.08. The van der Waals surface area contributed by atoms with Gasteiger partial charge in [-0.1, -0.05) is 51.1 Å². The number of anilines is 1. The van der Waals surface area contributed by atoms with Crippen molar-refractivity contribution >= 4 is 17.5 Å². The van der Waals surface area contributed by atoms with Crippen LogP contribution in [0.25, 0.3) is 0 Å². The van der Waals surface area contributed by atoms with Gasteiger partial charge in [0.1, 0.15) is 11.6 Å². The number of carbonyl (C=O) groups excluding carboxylic acids is 2. The lowest BCUT2D eigenvalue weighted by Crippen LogP contribution is -2.53. The molecule has 0 spiro atoms. The molecule has 4 rings (SSSR count). The summed E-state index contributed by atoms with van der Waals surface area (Å²) >= 11 is 0. The molecule has 2 amide bonds. The Kier molecular flexibility index (Phi) is 7.43. The van der Waals surface area contributed by atoms with E-state index in [4.69, 9.17) is 0 Å². The van der Waals surface area contributed by atoms with Gasteiger partial charge in [-0.15, -0.1) is 0 Å². The Morgan fingerprint density at radius 3 is 2.56 bits per heavy atom. The summed E-state index contributed by atoms with van der Waals surface area (Å²) in [5.41, 5.74) is 2.86. The van der Waals surface area contributed by atoms with Gasteiger partial charge in [-0.3, -0.25) is 9.59 Å². The normalized spacial score (nSPS) is 20.2. The minimum atomic E-state index is -0.876. The molecule has 2 aromatic rings. The molecule has 2 aromatic carbocycles. The first-order valence-corrected chi connectivity index (χ1v) is 12.6. The molecule has 190 valence electrons. The molecule has 1 saturated heterocycles. The van der Waals surface area contributed by atoms with Gasteiger partial charge in [-0.05, 0) is 72.9 Å². The van der Waals surface area contributed by atoms with Crippen LogP contribution in [-0.4, -0.2) is 29.3 Å². The van der Waals surface area contributed by atoms with Crippen molar-refractivity contribution in [3.05, 3.63) is 88.5 Å². The quantitative estimate of drug-likeness (QED) is 0.516. The average Bonchev–Trinajstić information content (AvgIpc) is 2.83. The first-order valence-electron chi connectivity index (χ1n) is 12.6. The first-order chi connectivity index (χ1) is 17.1.